The van der Waals surface area contributed by atoms with E-state index in [0.29, 0.717) is 18.2 Å². The van der Waals surface area contributed by atoms with Crippen LogP contribution in [0.2, 0.25) is 0 Å². The fourth-order valence-electron chi connectivity index (χ4n) is 3.65. The topological polar surface area (TPSA) is 80.9 Å². The maximum absolute atomic E-state index is 12.1. The largest absolute Gasteiger partial charge is 0.348 e. The highest BCUT2D eigenvalue weighted by molar-refractivity contribution is 7.03. The number of aromatic nitrogens is 2. The van der Waals surface area contributed by atoms with Crippen molar-refractivity contribution in [1.29, 1.82) is 0 Å². The van der Waals surface area contributed by atoms with Crippen molar-refractivity contribution in [2.75, 3.05) is 6.54 Å². The van der Waals surface area contributed by atoms with Gasteiger partial charge in [0.2, 0.25) is 0 Å². The first-order valence-corrected chi connectivity index (χ1v) is 9.15. The summed E-state index contributed by atoms with van der Waals surface area (Å²) in [4.78, 5) is 12.1. The molecule has 0 aromatic carbocycles. The standard InChI is InChI=1S/C16H21ClN4OS/c17-12-3-1-2-11(8-12)16(10-18)6-4-13(5-7-16)19-15(22)14-9-23-21-20-14/h1-3,9,11,13H,4-8,10,18H2,(H,19,22). The van der Waals surface area contributed by atoms with Gasteiger partial charge in [0.15, 0.2) is 5.69 Å². The molecule has 3 N–H and O–H groups in total. The second-order valence-corrected chi connectivity index (χ2v) is 7.51. The zero-order valence-corrected chi connectivity index (χ0v) is 14.4. The van der Waals surface area contributed by atoms with Gasteiger partial charge in [-0.3, -0.25) is 4.79 Å². The summed E-state index contributed by atoms with van der Waals surface area (Å²) in [7, 11) is 0. The predicted octanol–water partition coefficient (Wildman–Crippen LogP) is 2.85. The van der Waals surface area contributed by atoms with E-state index in [1.807, 2.05) is 12.2 Å². The number of nitrogens with two attached hydrogens (primary N) is 1. The number of amides is 1. The lowest BCUT2D eigenvalue weighted by atomic mass is 9.63. The van der Waals surface area contributed by atoms with Crippen LogP contribution in [0.4, 0.5) is 0 Å². The summed E-state index contributed by atoms with van der Waals surface area (Å²) in [5.74, 6) is 0.261. The predicted molar refractivity (Wildman–Crippen MR) is 92.3 cm³/mol. The molecule has 1 unspecified atom stereocenters. The molecule has 0 aliphatic heterocycles. The van der Waals surface area contributed by atoms with Crippen LogP contribution in [0, 0.1) is 11.3 Å². The molecule has 5 nitrogen and oxygen atoms in total. The third kappa shape index (κ3) is 3.65. The second-order valence-electron chi connectivity index (χ2n) is 6.41. The summed E-state index contributed by atoms with van der Waals surface area (Å²) in [5, 5.41) is 9.45. The minimum absolute atomic E-state index is 0.0916. The van der Waals surface area contributed by atoms with Crippen LogP contribution >= 0.6 is 23.1 Å². The maximum atomic E-state index is 12.1. The van der Waals surface area contributed by atoms with Crippen LogP contribution < -0.4 is 11.1 Å². The van der Waals surface area contributed by atoms with E-state index in [9.17, 15) is 4.79 Å². The first-order valence-electron chi connectivity index (χ1n) is 7.94. The molecule has 124 valence electrons. The molecule has 2 aliphatic rings. The van der Waals surface area contributed by atoms with Crippen LogP contribution in [-0.2, 0) is 0 Å². The van der Waals surface area contributed by atoms with Gasteiger partial charge >= 0.3 is 0 Å². The number of halogens is 1. The molecule has 1 atom stereocenters. The van der Waals surface area contributed by atoms with Gasteiger partial charge in [-0.25, -0.2) is 0 Å². The van der Waals surface area contributed by atoms with Crippen molar-refractivity contribution >= 4 is 29.0 Å². The van der Waals surface area contributed by atoms with Gasteiger partial charge in [-0.1, -0.05) is 28.2 Å². The summed E-state index contributed by atoms with van der Waals surface area (Å²) in [5.41, 5.74) is 6.63. The Kier molecular flexibility index (Phi) is 5.14. The molecule has 1 aromatic heterocycles. The highest BCUT2D eigenvalue weighted by Crippen LogP contribution is 2.46. The van der Waals surface area contributed by atoms with E-state index in [4.69, 9.17) is 17.3 Å². The molecular weight excluding hydrogens is 332 g/mol. The highest BCUT2D eigenvalue weighted by atomic mass is 35.5. The van der Waals surface area contributed by atoms with Gasteiger partial charge in [0.1, 0.15) is 0 Å². The van der Waals surface area contributed by atoms with Gasteiger partial charge in [-0.05, 0) is 67.6 Å². The van der Waals surface area contributed by atoms with E-state index < -0.39 is 0 Å². The van der Waals surface area contributed by atoms with Gasteiger partial charge in [0.05, 0.1) is 0 Å². The number of hydrogen-bond donors (Lipinski definition) is 2. The van der Waals surface area contributed by atoms with E-state index in [1.165, 1.54) is 11.5 Å². The first-order chi connectivity index (χ1) is 11.1. The van der Waals surface area contributed by atoms with Crippen molar-refractivity contribution in [2.24, 2.45) is 17.1 Å². The summed E-state index contributed by atoms with van der Waals surface area (Å²) >= 11 is 7.39. The Morgan fingerprint density at radius 1 is 1.48 bits per heavy atom. The Morgan fingerprint density at radius 2 is 2.26 bits per heavy atom. The molecule has 3 rings (SSSR count). The van der Waals surface area contributed by atoms with Crippen LogP contribution in [-0.4, -0.2) is 28.1 Å². The van der Waals surface area contributed by atoms with Crippen molar-refractivity contribution < 1.29 is 4.79 Å². The monoisotopic (exact) mass is 352 g/mol. The zero-order valence-electron chi connectivity index (χ0n) is 12.9. The smallest absolute Gasteiger partial charge is 0.272 e. The Labute approximate surface area is 145 Å². The minimum Gasteiger partial charge on any atom is -0.348 e. The Bertz CT molecular complexity index is 606. The van der Waals surface area contributed by atoms with E-state index in [-0.39, 0.29) is 17.4 Å². The summed E-state index contributed by atoms with van der Waals surface area (Å²) in [6.07, 6.45) is 11.0. The number of carbonyl (C=O) groups excluding carboxylic acids is 1. The van der Waals surface area contributed by atoms with E-state index >= 15 is 0 Å². The van der Waals surface area contributed by atoms with Crippen LogP contribution in [0.15, 0.2) is 28.6 Å². The van der Waals surface area contributed by atoms with Gasteiger partial charge < -0.3 is 11.1 Å². The average Bonchev–Trinajstić information content (AvgIpc) is 3.10. The zero-order chi connectivity index (χ0) is 16.3. The number of rotatable bonds is 4. The fraction of sp³-hybridized carbons (Fsp3) is 0.562. The van der Waals surface area contributed by atoms with Crippen LogP contribution in [0.1, 0.15) is 42.6 Å². The third-order valence-electron chi connectivity index (χ3n) is 5.14. The molecule has 1 heterocycles. The number of allylic oxidation sites excluding steroid dienone is 4. The van der Waals surface area contributed by atoms with Gasteiger partial charge in [-0.2, -0.15) is 0 Å². The van der Waals surface area contributed by atoms with Gasteiger partial charge in [0.25, 0.3) is 5.91 Å². The molecule has 0 saturated heterocycles. The molecule has 1 fully saturated rings. The lowest BCUT2D eigenvalue weighted by molar-refractivity contribution is 0.0849. The molecular formula is C16H21ClN4OS. The second kappa shape index (κ2) is 7.11. The maximum Gasteiger partial charge on any atom is 0.272 e. The highest BCUT2D eigenvalue weighted by Gasteiger charge is 2.40. The first kappa shape index (κ1) is 16.6. The molecule has 0 radical (unpaired) electrons. The van der Waals surface area contributed by atoms with Crippen molar-refractivity contribution in [3.05, 3.63) is 34.3 Å². The number of nitrogens with one attached hydrogen (secondary N) is 1. The number of nitrogens with zero attached hydrogens (tertiary/aromatic N) is 2. The molecule has 7 heteroatoms. The molecule has 1 saturated carbocycles. The molecule has 0 bridgehead atoms. The van der Waals surface area contributed by atoms with Crippen LogP contribution in [0.3, 0.4) is 0 Å². The lowest BCUT2D eigenvalue weighted by Crippen LogP contribution is -2.46. The van der Waals surface area contributed by atoms with Crippen molar-refractivity contribution in [2.45, 2.75) is 38.1 Å². The number of carbonyl (C=O) groups is 1. The lowest BCUT2D eigenvalue weighted by Gasteiger charge is -2.44. The van der Waals surface area contributed by atoms with Crippen LogP contribution in [0.25, 0.3) is 0 Å². The van der Waals surface area contributed by atoms with Crippen molar-refractivity contribution in [3.8, 4) is 0 Å². The SMILES string of the molecule is NCC1(C2C=CC=C(Cl)C2)CCC(NC(=O)c2csnn2)CC1. The molecule has 23 heavy (non-hydrogen) atoms. The third-order valence-corrected chi connectivity index (χ3v) is 5.92. The normalized spacial score (nSPS) is 30.8. The van der Waals surface area contributed by atoms with Crippen molar-refractivity contribution in [3.63, 3.8) is 0 Å². The average molecular weight is 353 g/mol. The molecule has 2 aliphatic carbocycles. The molecule has 0 spiro atoms. The number of hydrogen-bond acceptors (Lipinski definition) is 5. The summed E-state index contributed by atoms with van der Waals surface area (Å²) in [6, 6.07) is 0.183. The Hall–Kier alpha value is -1.24. The van der Waals surface area contributed by atoms with Crippen molar-refractivity contribution in [1.82, 2.24) is 14.9 Å². The summed E-state index contributed by atoms with van der Waals surface area (Å²) < 4.78 is 3.73. The minimum atomic E-state index is -0.132. The van der Waals surface area contributed by atoms with Gasteiger partial charge in [-0.15, -0.1) is 5.10 Å². The molecule has 1 aromatic rings. The summed E-state index contributed by atoms with van der Waals surface area (Å²) in [6.45, 7) is 0.656. The fourth-order valence-corrected chi connectivity index (χ4v) is 4.32. The van der Waals surface area contributed by atoms with Gasteiger partial charge in [0, 0.05) is 16.5 Å². The molecule has 1 amide bonds. The van der Waals surface area contributed by atoms with Crippen LogP contribution in [0.5, 0.6) is 0 Å². The van der Waals surface area contributed by atoms with E-state index in [0.717, 1.165) is 37.1 Å². The van der Waals surface area contributed by atoms with E-state index in [2.05, 4.69) is 21.0 Å². The Morgan fingerprint density at radius 3 is 2.87 bits per heavy atom. The van der Waals surface area contributed by atoms with E-state index in [1.54, 1.807) is 5.38 Å². The Balaban J connectivity index is 1.59. The quantitative estimate of drug-likeness (QED) is 0.873.